The topological polar surface area (TPSA) is 68.1 Å². The summed E-state index contributed by atoms with van der Waals surface area (Å²) >= 11 is 1.51. The minimum atomic E-state index is -3.48. The molecule has 126 valence electrons. The molecule has 3 aromatic rings. The molecule has 24 heavy (non-hydrogen) atoms. The first-order valence-corrected chi connectivity index (χ1v) is 10.2. The zero-order chi connectivity index (χ0) is 16.7. The van der Waals surface area contributed by atoms with E-state index in [2.05, 4.69) is 10.1 Å². The van der Waals surface area contributed by atoms with Crippen molar-refractivity contribution in [1.82, 2.24) is 19.1 Å². The molecule has 1 fully saturated rings. The molecule has 0 N–H and O–H groups in total. The largest absolute Gasteiger partial charge is 0.276 e. The second-order valence-corrected chi connectivity index (χ2v) is 8.99. The first-order valence-electron chi connectivity index (χ1n) is 7.86. The van der Waals surface area contributed by atoms with Gasteiger partial charge in [0.15, 0.2) is 0 Å². The molecule has 1 aliphatic heterocycles. The molecule has 0 amide bonds. The molecule has 1 aliphatic rings. The number of fused-ring (bicyclic) bond motifs is 1. The van der Waals surface area contributed by atoms with Crippen LogP contribution in [0.5, 0.6) is 0 Å². The van der Waals surface area contributed by atoms with Crippen LogP contribution in [0.4, 0.5) is 0 Å². The van der Waals surface area contributed by atoms with Crippen molar-refractivity contribution >= 4 is 31.6 Å². The predicted molar refractivity (Wildman–Crippen MR) is 93.6 cm³/mol. The van der Waals surface area contributed by atoms with E-state index in [1.807, 2.05) is 30.9 Å². The average Bonchev–Trinajstić information content (AvgIpc) is 3.23. The standard InChI is InChI=1S/C16H18N4O2S2/c1-19-11-13(9-18-19)12-2-5-20(6-3-12)24(21,22)14-8-16-15(17-10-14)4-7-23-16/h4,7-12H,2-3,5-6H2,1H3. The number of thiophene rings is 1. The number of rotatable bonds is 3. The van der Waals surface area contributed by atoms with Crippen LogP contribution in [0.1, 0.15) is 24.3 Å². The summed E-state index contributed by atoms with van der Waals surface area (Å²) in [5, 5.41) is 6.13. The summed E-state index contributed by atoms with van der Waals surface area (Å²) < 4.78 is 30.0. The van der Waals surface area contributed by atoms with Crippen molar-refractivity contribution in [2.24, 2.45) is 7.05 Å². The Morgan fingerprint density at radius 2 is 2.04 bits per heavy atom. The van der Waals surface area contributed by atoms with Crippen molar-refractivity contribution in [1.29, 1.82) is 0 Å². The molecule has 4 heterocycles. The van der Waals surface area contributed by atoms with Gasteiger partial charge in [-0.25, -0.2) is 8.42 Å². The second-order valence-electron chi connectivity index (χ2n) is 6.10. The highest BCUT2D eigenvalue weighted by atomic mass is 32.2. The van der Waals surface area contributed by atoms with Crippen LogP contribution < -0.4 is 0 Å². The zero-order valence-electron chi connectivity index (χ0n) is 13.3. The van der Waals surface area contributed by atoms with Crippen molar-refractivity contribution in [2.75, 3.05) is 13.1 Å². The van der Waals surface area contributed by atoms with Gasteiger partial charge in [0.05, 0.1) is 16.4 Å². The number of sulfonamides is 1. The summed E-state index contributed by atoms with van der Waals surface area (Å²) in [5.74, 6) is 0.378. The maximum absolute atomic E-state index is 12.9. The van der Waals surface area contributed by atoms with E-state index in [0.29, 0.717) is 19.0 Å². The van der Waals surface area contributed by atoms with Crippen LogP contribution in [0.25, 0.3) is 10.2 Å². The third-order valence-electron chi connectivity index (χ3n) is 4.57. The minimum Gasteiger partial charge on any atom is -0.276 e. The molecular weight excluding hydrogens is 344 g/mol. The highest BCUT2D eigenvalue weighted by Crippen LogP contribution is 2.31. The van der Waals surface area contributed by atoms with Crippen LogP contribution >= 0.6 is 11.3 Å². The lowest BCUT2D eigenvalue weighted by molar-refractivity contribution is 0.319. The quantitative estimate of drug-likeness (QED) is 0.718. The van der Waals surface area contributed by atoms with Gasteiger partial charge >= 0.3 is 0 Å². The minimum absolute atomic E-state index is 0.289. The Morgan fingerprint density at radius 1 is 1.25 bits per heavy atom. The van der Waals surface area contributed by atoms with Crippen molar-refractivity contribution in [3.63, 3.8) is 0 Å². The highest BCUT2D eigenvalue weighted by molar-refractivity contribution is 7.89. The van der Waals surface area contributed by atoms with Gasteiger partial charge in [-0.1, -0.05) is 0 Å². The Balaban J connectivity index is 1.53. The number of aromatic nitrogens is 3. The van der Waals surface area contributed by atoms with Crippen molar-refractivity contribution in [3.05, 3.63) is 41.7 Å². The lowest BCUT2D eigenvalue weighted by atomic mass is 9.93. The molecular formula is C16H18N4O2S2. The van der Waals surface area contributed by atoms with Crippen LogP contribution in [0.15, 0.2) is 41.0 Å². The summed E-state index contributed by atoms with van der Waals surface area (Å²) in [6.07, 6.45) is 7.00. The van der Waals surface area contributed by atoms with Crippen LogP contribution in [-0.4, -0.2) is 40.6 Å². The van der Waals surface area contributed by atoms with Crippen LogP contribution in [-0.2, 0) is 17.1 Å². The molecule has 8 heteroatoms. The smallest absolute Gasteiger partial charge is 0.244 e. The van der Waals surface area contributed by atoms with E-state index in [1.54, 1.807) is 15.1 Å². The third kappa shape index (κ3) is 2.74. The average molecular weight is 362 g/mol. The molecule has 0 atom stereocenters. The normalized spacial score (nSPS) is 17.5. The molecule has 0 bridgehead atoms. The summed E-state index contributed by atoms with van der Waals surface area (Å²) in [6, 6.07) is 3.63. The van der Waals surface area contributed by atoms with Gasteiger partial charge in [0.25, 0.3) is 0 Å². The maximum atomic E-state index is 12.9. The van der Waals surface area contributed by atoms with Crippen molar-refractivity contribution in [2.45, 2.75) is 23.7 Å². The monoisotopic (exact) mass is 362 g/mol. The summed E-state index contributed by atoms with van der Waals surface area (Å²) in [7, 11) is -1.58. The maximum Gasteiger partial charge on any atom is 0.244 e. The highest BCUT2D eigenvalue weighted by Gasteiger charge is 2.30. The van der Waals surface area contributed by atoms with Gasteiger partial charge in [-0.15, -0.1) is 11.3 Å². The summed E-state index contributed by atoms with van der Waals surface area (Å²) in [5.41, 5.74) is 2.03. The van der Waals surface area contributed by atoms with Gasteiger partial charge < -0.3 is 0 Å². The third-order valence-corrected chi connectivity index (χ3v) is 7.28. The number of hydrogen-bond donors (Lipinski definition) is 0. The van der Waals surface area contributed by atoms with Gasteiger partial charge in [0, 0.05) is 32.5 Å². The van der Waals surface area contributed by atoms with Crippen molar-refractivity contribution in [3.8, 4) is 0 Å². The molecule has 6 nitrogen and oxygen atoms in total. The number of aryl methyl sites for hydroxylation is 1. The first kappa shape index (κ1) is 15.7. The number of hydrogen-bond acceptors (Lipinski definition) is 5. The first-order chi connectivity index (χ1) is 11.5. The molecule has 4 rings (SSSR count). The summed E-state index contributed by atoms with van der Waals surface area (Å²) in [4.78, 5) is 4.55. The van der Waals surface area contributed by atoms with Gasteiger partial charge in [-0.2, -0.15) is 9.40 Å². The van der Waals surface area contributed by atoms with Crippen LogP contribution in [0, 0.1) is 0 Å². The predicted octanol–water partition coefficient (Wildman–Crippen LogP) is 2.60. The Bertz CT molecular complexity index is 969. The Morgan fingerprint density at radius 3 is 2.75 bits per heavy atom. The SMILES string of the molecule is Cn1cc(C2CCN(S(=O)(=O)c3cnc4ccsc4c3)CC2)cn1. The molecule has 0 aromatic carbocycles. The fourth-order valence-electron chi connectivity index (χ4n) is 3.20. The number of pyridine rings is 1. The lowest BCUT2D eigenvalue weighted by Gasteiger charge is -2.30. The molecule has 1 saturated heterocycles. The Labute approximate surface area is 144 Å². The molecule has 0 spiro atoms. The lowest BCUT2D eigenvalue weighted by Crippen LogP contribution is -2.37. The van der Waals surface area contributed by atoms with E-state index >= 15 is 0 Å². The van der Waals surface area contributed by atoms with Gasteiger partial charge in [0.2, 0.25) is 10.0 Å². The molecule has 3 aromatic heterocycles. The fourth-order valence-corrected chi connectivity index (χ4v) is 5.50. The summed E-state index contributed by atoms with van der Waals surface area (Å²) in [6.45, 7) is 1.06. The molecule has 0 unspecified atom stereocenters. The van der Waals surface area contributed by atoms with Gasteiger partial charge in [0.1, 0.15) is 4.90 Å². The van der Waals surface area contributed by atoms with Gasteiger partial charge in [-0.05, 0) is 41.8 Å². The zero-order valence-corrected chi connectivity index (χ0v) is 14.9. The van der Waals surface area contributed by atoms with E-state index in [4.69, 9.17) is 0 Å². The molecule has 0 radical (unpaired) electrons. The second kappa shape index (κ2) is 5.94. The van der Waals surface area contributed by atoms with E-state index in [0.717, 1.165) is 23.1 Å². The Hall–Kier alpha value is -1.77. The Kier molecular flexibility index (Phi) is 3.90. The molecule has 0 saturated carbocycles. The van der Waals surface area contributed by atoms with E-state index in [9.17, 15) is 8.42 Å². The van der Waals surface area contributed by atoms with Crippen LogP contribution in [0.2, 0.25) is 0 Å². The van der Waals surface area contributed by atoms with Gasteiger partial charge in [-0.3, -0.25) is 9.67 Å². The van der Waals surface area contributed by atoms with E-state index < -0.39 is 10.0 Å². The van der Waals surface area contributed by atoms with E-state index in [1.165, 1.54) is 23.1 Å². The number of nitrogens with zero attached hydrogens (tertiary/aromatic N) is 4. The fraction of sp³-hybridized carbons (Fsp3) is 0.375. The van der Waals surface area contributed by atoms with Crippen molar-refractivity contribution < 1.29 is 8.42 Å². The van der Waals surface area contributed by atoms with E-state index in [-0.39, 0.29) is 4.90 Å². The van der Waals surface area contributed by atoms with Crippen LogP contribution in [0.3, 0.4) is 0 Å². The molecule has 0 aliphatic carbocycles. The number of piperidine rings is 1.